The number of nitrogens with two attached hydrogens (primary N) is 2. The first-order valence-corrected chi connectivity index (χ1v) is 10.3. The number of halogens is 3. The molecule has 0 aromatic heterocycles. The number of rotatable bonds is 11. The number of hydrogen-bond donors (Lipinski definition) is 7. The van der Waals surface area contributed by atoms with Crippen LogP contribution in [0.15, 0.2) is 30.3 Å². The van der Waals surface area contributed by atoms with Crippen LogP contribution in [0.5, 0.6) is 0 Å². The highest BCUT2D eigenvalue weighted by Crippen LogP contribution is 2.14. The van der Waals surface area contributed by atoms with E-state index in [-0.39, 0.29) is 30.4 Å². The van der Waals surface area contributed by atoms with Gasteiger partial charge in [-0.3, -0.25) is 9.59 Å². The largest absolute Gasteiger partial charge is 0.494 e. The summed E-state index contributed by atoms with van der Waals surface area (Å²) >= 11 is 0. The molecule has 0 radical (unpaired) electrons. The number of carbonyl (C=O) groups is 2. The molecule has 9 nitrogen and oxygen atoms in total. The van der Waals surface area contributed by atoms with Gasteiger partial charge in [-0.1, -0.05) is 0 Å². The molecular formula is C20H24B2F3N3O6. The predicted octanol–water partition coefficient (Wildman–Crippen LogP) is -2.21. The Labute approximate surface area is 193 Å². The van der Waals surface area contributed by atoms with Gasteiger partial charge in [0.15, 0.2) is 0 Å². The van der Waals surface area contributed by atoms with E-state index in [0.717, 1.165) is 30.3 Å². The molecule has 0 fully saturated rings. The fourth-order valence-corrected chi connectivity index (χ4v) is 3.39. The lowest BCUT2D eigenvalue weighted by atomic mass is 9.78. The number of primary amides is 1. The second kappa shape index (κ2) is 12.0. The van der Waals surface area contributed by atoms with Gasteiger partial charge < -0.3 is 36.9 Å². The maximum absolute atomic E-state index is 14.1. The fourth-order valence-electron chi connectivity index (χ4n) is 3.39. The molecule has 0 aliphatic heterocycles. The molecule has 34 heavy (non-hydrogen) atoms. The first kappa shape index (κ1) is 27.3. The van der Waals surface area contributed by atoms with Crippen molar-refractivity contribution in [2.24, 2.45) is 11.5 Å². The van der Waals surface area contributed by atoms with Crippen LogP contribution in [0.25, 0.3) is 0 Å². The second-order valence-electron chi connectivity index (χ2n) is 7.77. The molecule has 1 unspecified atom stereocenters. The molecule has 0 bridgehead atoms. The van der Waals surface area contributed by atoms with Crippen LogP contribution in [-0.4, -0.2) is 58.2 Å². The van der Waals surface area contributed by atoms with Crippen molar-refractivity contribution >= 4 is 37.0 Å². The normalized spacial score (nSPS) is 12.7. The summed E-state index contributed by atoms with van der Waals surface area (Å²) in [7, 11) is -4.50. The summed E-state index contributed by atoms with van der Waals surface area (Å²) in [4.78, 5) is 23.8. The average Bonchev–Trinajstić information content (AvgIpc) is 2.72. The van der Waals surface area contributed by atoms with Crippen molar-refractivity contribution in [2.75, 3.05) is 0 Å². The third kappa shape index (κ3) is 7.30. The Hall–Kier alpha value is -2.90. The quantitative estimate of drug-likeness (QED) is 0.178. The van der Waals surface area contributed by atoms with Crippen LogP contribution < -0.4 is 27.7 Å². The molecule has 0 aliphatic rings. The average molecular weight is 481 g/mol. The Morgan fingerprint density at radius 3 is 2.09 bits per heavy atom. The molecule has 2 atom stereocenters. The molecular weight excluding hydrogens is 457 g/mol. The maximum atomic E-state index is 14.1. The van der Waals surface area contributed by atoms with Gasteiger partial charge in [-0.05, 0) is 61.6 Å². The zero-order valence-electron chi connectivity index (χ0n) is 17.9. The van der Waals surface area contributed by atoms with Crippen molar-refractivity contribution in [1.82, 2.24) is 5.32 Å². The summed E-state index contributed by atoms with van der Waals surface area (Å²) in [5.41, 5.74) is 9.29. The molecule has 0 saturated carbocycles. The molecule has 0 saturated heterocycles. The number of benzene rings is 2. The van der Waals surface area contributed by atoms with Crippen LogP contribution >= 0.6 is 0 Å². The van der Waals surface area contributed by atoms with E-state index >= 15 is 0 Å². The number of amides is 2. The SMILES string of the molecule is NC(=O)C(N)CCC[C@@H](Cc1cc(F)c(B(O)O)c(F)c1)NC(=O)c1ccc(F)c(B(O)O)c1. The lowest BCUT2D eigenvalue weighted by Gasteiger charge is -2.20. The molecule has 2 rings (SSSR count). The van der Waals surface area contributed by atoms with Crippen LogP contribution in [0, 0.1) is 17.5 Å². The Kier molecular flexibility index (Phi) is 9.65. The molecule has 9 N–H and O–H groups in total. The van der Waals surface area contributed by atoms with E-state index in [0.29, 0.717) is 6.42 Å². The highest BCUT2D eigenvalue weighted by Gasteiger charge is 2.24. The van der Waals surface area contributed by atoms with E-state index in [9.17, 15) is 32.8 Å². The Morgan fingerprint density at radius 1 is 0.941 bits per heavy atom. The third-order valence-corrected chi connectivity index (χ3v) is 5.18. The minimum Gasteiger partial charge on any atom is -0.423 e. The van der Waals surface area contributed by atoms with Gasteiger partial charge >= 0.3 is 14.2 Å². The highest BCUT2D eigenvalue weighted by molar-refractivity contribution is 6.59. The van der Waals surface area contributed by atoms with Crippen molar-refractivity contribution < 1.29 is 42.9 Å². The van der Waals surface area contributed by atoms with Gasteiger partial charge in [0.2, 0.25) is 5.91 Å². The van der Waals surface area contributed by atoms with Crippen LogP contribution in [0.1, 0.15) is 35.2 Å². The minimum atomic E-state index is -2.35. The Morgan fingerprint density at radius 2 is 1.56 bits per heavy atom. The van der Waals surface area contributed by atoms with Gasteiger partial charge in [0.25, 0.3) is 5.91 Å². The van der Waals surface area contributed by atoms with Gasteiger partial charge in [-0.2, -0.15) is 0 Å². The molecule has 2 aromatic rings. The van der Waals surface area contributed by atoms with Crippen molar-refractivity contribution in [1.29, 1.82) is 0 Å². The van der Waals surface area contributed by atoms with Gasteiger partial charge in [-0.25, -0.2) is 13.2 Å². The molecule has 0 spiro atoms. The lowest BCUT2D eigenvalue weighted by Crippen LogP contribution is -2.40. The molecule has 182 valence electrons. The Balaban J connectivity index is 2.25. The number of carbonyl (C=O) groups excluding carboxylic acids is 2. The second-order valence-corrected chi connectivity index (χ2v) is 7.77. The molecule has 2 amide bonds. The summed E-state index contributed by atoms with van der Waals surface area (Å²) in [5, 5.41) is 39.3. The topological polar surface area (TPSA) is 179 Å². The summed E-state index contributed by atoms with van der Waals surface area (Å²) < 4.78 is 42.0. The number of nitrogens with one attached hydrogen (secondary N) is 1. The molecule has 2 aromatic carbocycles. The van der Waals surface area contributed by atoms with Crippen molar-refractivity contribution in [3.63, 3.8) is 0 Å². The number of hydrogen-bond acceptors (Lipinski definition) is 7. The standard InChI is InChI=1S/C20H24B2F3N3O6/c23-14-5-4-11(9-13(14)21(31)32)20(30)28-12(2-1-3-17(26)19(27)29)6-10-7-15(24)18(22(33)34)16(25)8-10/h4-5,7-9,12,17,31-34H,1-3,6,26H2,(H2,27,29)(H,28,30)/t12-,17?/m0/s1. The minimum absolute atomic E-state index is 0.0921. The first-order valence-electron chi connectivity index (χ1n) is 10.3. The zero-order chi connectivity index (χ0) is 25.6. The van der Waals surface area contributed by atoms with E-state index in [1.807, 2.05) is 0 Å². The molecule has 0 aliphatic carbocycles. The fraction of sp³-hybridized carbons (Fsp3) is 0.300. The highest BCUT2D eigenvalue weighted by atomic mass is 19.1. The van der Waals surface area contributed by atoms with E-state index in [2.05, 4.69) is 5.32 Å². The summed E-state index contributed by atoms with van der Waals surface area (Å²) in [5.74, 6) is -4.75. The zero-order valence-corrected chi connectivity index (χ0v) is 17.9. The monoisotopic (exact) mass is 481 g/mol. The van der Waals surface area contributed by atoms with E-state index < -0.39 is 66.5 Å². The predicted molar refractivity (Wildman–Crippen MR) is 118 cm³/mol. The first-order chi connectivity index (χ1) is 15.9. The maximum Gasteiger partial charge on any atom is 0.494 e. The van der Waals surface area contributed by atoms with Crippen LogP contribution in [0.4, 0.5) is 13.2 Å². The smallest absolute Gasteiger partial charge is 0.423 e. The van der Waals surface area contributed by atoms with Gasteiger partial charge in [0, 0.05) is 17.1 Å². The summed E-state index contributed by atoms with van der Waals surface area (Å²) in [6, 6.07) is 3.06. The van der Waals surface area contributed by atoms with Crippen molar-refractivity contribution in [3.8, 4) is 0 Å². The summed E-state index contributed by atoms with van der Waals surface area (Å²) in [6.45, 7) is 0. The van der Waals surface area contributed by atoms with Crippen LogP contribution in [0.2, 0.25) is 0 Å². The summed E-state index contributed by atoms with van der Waals surface area (Å²) in [6.07, 6.45) is 0.593. The van der Waals surface area contributed by atoms with Gasteiger partial charge in [0.05, 0.1) is 11.5 Å². The van der Waals surface area contributed by atoms with E-state index in [1.165, 1.54) is 0 Å². The van der Waals surface area contributed by atoms with Crippen LogP contribution in [0.3, 0.4) is 0 Å². The Bertz CT molecular complexity index is 1020. The van der Waals surface area contributed by atoms with Crippen LogP contribution in [-0.2, 0) is 11.2 Å². The van der Waals surface area contributed by atoms with Crippen molar-refractivity contribution in [2.45, 2.75) is 37.8 Å². The lowest BCUT2D eigenvalue weighted by molar-refractivity contribution is -0.119. The van der Waals surface area contributed by atoms with Gasteiger partial charge in [-0.15, -0.1) is 0 Å². The molecule has 0 heterocycles. The van der Waals surface area contributed by atoms with E-state index in [1.54, 1.807) is 0 Å². The van der Waals surface area contributed by atoms with E-state index in [4.69, 9.17) is 21.5 Å². The molecule has 14 heteroatoms. The van der Waals surface area contributed by atoms with Crippen molar-refractivity contribution in [3.05, 3.63) is 58.9 Å². The third-order valence-electron chi connectivity index (χ3n) is 5.18. The van der Waals surface area contributed by atoms with Gasteiger partial charge in [0.1, 0.15) is 17.5 Å².